The molecule has 4 aromatic rings. The quantitative estimate of drug-likeness (QED) is 0.246. The molecule has 0 fully saturated rings. The number of rotatable bonds is 8. The Hall–Kier alpha value is -3.85. The number of fused-ring (bicyclic) bond motifs is 1. The molecule has 8 nitrogen and oxygen atoms in total. The van der Waals surface area contributed by atoms with Crippen LogP contribution in [0.25, 0.3) is 11.0 Å². The van der Waals surface area contributed by atoms with Crippen LogP contribution in [0.3, 0.4) is 0 Å². The minimum Gasteiger partial charge on any atom is -0.384 e. The van der Waals surface area contributed by atoms with Crippen molar-refractivity contribution >= 4 is 34.4 Å². The Kier molecular flexibility index (Phi) is 6.32. The number of allylic oxidation sites excluding steroid dienone is 1. The number of nitrogens with zero attached hydrogens (tertiary/aromatic N) is 4. The maximum absolute atomic E-state index is 13.1. The number of ketones is 1. The van der Waals surface area contributed by atoms with Crippen LogP contribution in [0.5, 0.6) is 0 Å². The second-order valence-corrected chi connectivity index (χ2v) is 8.42. The number of benzene rings is 2. The van der Waals surface area contributed by atoms with Gasteiger partial charge in [0.25, 0.3) is 5.56 Å². The summed E-state index contributed by atoms with van der Waals surface area (Å²) in [6, 6.07) is 16.9. The monoisotopic (exact) mass is 461 g/mol. The van der Waals surface area contributed by atoms with Gasteiger partial charge >= 0.3 is 5.69 Å². The first-order valence-corrected chi connectivity index (χ1v) is 11.3. The number of Topliss-reactive ketones (excluding diaryl/α,β-unsaturated/α-hetero) is 1. The summed E-state index contributed by atoms with van der Waals surface area (Å²) in [5, 5.41) is 0.637. The number of hydrogen-bond donors (Lipinski definition) is 1. The van der Waals surface area contributed by atoms with Crippen molar-refractivity contribution in [3.63, 3.8) is 0 Å². The van der Waals surface area contributed by atoms with E-state index in [1.54, 1.807) is 6.08 Å². The van der Waals surface area contributed by atoms with E-state index in [1.807, 2.05) is 59.2 Å². The van der Waals surface area contributed by atoms with Crippen LogP contribution >= 0.6 is 11.8 Å². The SMILES string of the molecule is C=CCn1c(SCC(=O)c2c(N)n(Cc3ccccc3)c(=O)n(C)c2=O)nc2ccccc21. The molecule has 33 heavy (non-hydrogen) atoms. The maximum atomic E-state index is 13.1. The van der Waals surface area contributed by atoms with Crippen molar-refractivity contribution in [2.24, 2.45) is 7.05 Å². The van der Waals surface area contributed by atoms with E-state index in [4.69, 9.17) is 5.73 Å². The molecule has 0 atom stereocenters. The number of para-hydroxylation sites is 2. The fourth-order valence-electron chi connectivity index (χ4n) is 3.64. The molecule has 0 aliphatic rings. The van der Waals surface area contributed by atoms with E-state index in [9.17, 15) is 14.4 Å². The number of anilines is 1. The van der Waals surface area contributed by atoms with Crippen molar-refractivity contribution in [3.8, 4) is 0 Å². The van der Waals surface area contributed by atoms with Gasteiger partial charge in [0.2, 0.25) is 0 Å². The van der Waals surface area contributed by atoms with Gasteiger partial charge in [-0.2, -0.15) is 0 Å². The highest BCUT2D eigenvalue weighted by molar-refractivity contribution is 7.99. The third kappa shape index (κ3) is 4.27. The summed E-state index contributed by atoms with van der Waals surface area (Å²) >= 11 is 1.22. The molecular weight excluding hydrogens is 438 g/mol. The van der Waals surface area contributed by atoms with Crippen molar-refractivity contribution in [2.45, 2.75) is 18.2 Å². The predicted molar refractivity (Wildman–Crippen MR) is 131 cm³/mol. The van der Waals surface area contributed by atoms with E-state index in [-0.39, 0.29) is 23.7 Å². The molecule has 0 amide bonds. The summed E-state index contributed by atoms with van der Waals surface area (Å²) in [4.78, 5) is 43.2. The van der Waals surface area contributed by atoms with Crippen LogP contribution in [-0.2, 0) is 20.1 Å². The molecule has 0 unspecified atom stereocenters. The Morgan fingerprint density at radius 3 is 2.52 bits per heavy atom. The highest BCUT2D eigenvalue weighted by Gasteiger charge is 2.22. The van der Waals surface area contributed by atoms with Crippen LogP contribution in [0, 0.1) is 0 Å². The molecule has 2 heterocycles. The van der Waals surface area contributed by atoms with E-state index in [0.29, 0.717) is 11.7 Å². The summed E-state index contributed by atoms with van der Waals surface area (Å²) in [7, 11) is 1.35. The molecule has 0 aliphatic carbocycles. The Morgan fingerprint density at radius 2 is 1.79 bits per heavy atom. The molecule has 4 rings (SSSR count). The number of imidazole rings is 1. The molecule has 0 radical (unpaired) electrons. The Bertz CT molecular complexity index is 1470. The molecule has 0 saturated heterocycles. The molecular formula is C24H23N5O3S. The van der Waals surface area contributed by atoms with Crippen LogP contribution < -0.4 is 17.0 Å². The summed E-state index contributed by atoms with van der Waals surface area (Å²) in [6.07, 6.45) is 1.76. The topological polar surface area (TPSA) is 105 Å². The number of nitrogen functional groups attached to an aromatic ring is 1. The molecule has 2 aromatic carbocycles. The zero-order valence-electron chi connectivity index (χ0n) is 18.1. The summed E-state index contributed by atoms with van der Waals surface area (Å²) in [6.45, 7) is 4.48. The number of carbonyl (C=O) groups is 1. The number of nitrogens with two attached hydrogens (primary N) is 1. The van der Waals surface area contributed by atoms with Gasteiger partial charge in [-0.05, 0) is 17.7 Å². The van der Waals surface area contributed by atoms with Gasteiger partial charge in [0.05, 0.1) is 23.3 Å². The lowest BCUT2D eigenvalue weighted by Gasteiger charge is -2.14. The average Bonchev–Trinajstić information content (AvgIpc) is 3.17. The van der Waals surface area contributed by atoms with Gasteiger partial charge in [-0.15, -0.1) is 6.58 Å². The smallest absolute Gasteiger partial charge is 0.332 e. The van der Waals surface area contributed by atoms with Crippen LogP contribution in [-0.4, -0.2) is 30.2 Å². The van der Waals surface area contributed by atoms with Gasteiger partial charge in [-0.25, -0.2) is 9.78 Å². The average molecular weight is 462 g/mol. The molecule has 168 valence electrons. The highest BCUT2D eigenvalue weighted by Crippen LogP contribution is 2.25. The van der Waals surface area contributed by atoms with Crippen molar-refractivity contribution in [1.29, 1.82) is 0 Å². The third-order valence-electron chi connectivity index (χ3n) is 5.31. The fourth-order valence-corrected chi connectivity index (χ4v) is 4.53. The Labute approximate surface area is 194 Å². The number of carbonyl (C=O) groups excluding carboxylic acids is 1. The zero-order chi connectivity index (χ0) is 23.5. The molecule has 0 saturated carbocycles. The van der Waals surface area contributed by atoms with Gasteiger partial charge in [0.15, 0.2) is 10.9 Å². The molecule has 9 heteroatoms. The standard InChI is InChI=1S/C24H23N5O3S/c1-3-13-28-18-12-8-7-11-17(18)26-23(28)33-15-19(30)20-21(25)29(24(32)27(2)22(20)31)14-16-9-5-4-6-10-16/h3-12H,1,13-15,25H2,2H3. The summed E-state index contributed by atoms with van der Waals surface area (Å²) in [5.74, 6) is -0.641. The van der Waals surface area contributed by atoms with E-state index < -0.39 is 17.0 Å². The summed E-state index contributed by atoms with van der Waals surface area (Å²) in [5.41, 5.74) is 7.30. The van der Waals surface area contributed by atoms with E-state index >= 15 is 0 Å². The van der Waals surface area contributed by atoms with E-state index in [0.717, 1.165) is 21.2 Å². The number of hydrogen-bond acceptors (Lipinski definition) is 6. The first-order valence-electron chi connectivity index (χ1n) is 10.3. The molecule has 2 N–H and O–H groups in total. The summed E-state index contributed by atoms with van der Waals surface area (Å²) < 4.78 is 4.13. The first kappa shape index (κ1) is 22.3. The van der Waals surface area contributed by atoms with Gasteiger partial charge in [0, 0.05) is 13.6 Å². The highest BCUT2D eigenvalue weighted by atomic mass is 32.2. The molecule has 0 spiro atoms. The van der Waals surface area contributed by atoms with Gasteiger partial charge in [-0.1, -0.05) is 60.3 Å². The van der Waals surface area contributed by atoms with E-state index in [2.05, 4.69) is 11.6 Å². The Balaban J connectivity index is 1.67. The zero-order valence-corrected chi connectivity index (χ0v) is 18.9. The van der Waals surface area contributed by atoms with Gasteiger partial charge < -0.3 is 10.3 Å². The number of aromatic nitrogens is 4. The van der Waals surface area contributed by atoms with Crippen molar-refractivity contribution in [2.75, 3.05) is 11.5 Å². The third-order valence-corrected chi connectivity index (χ3v) is 6.29. The minimum atomic E-state index is -0.702. The lowest BCUT2D eigenvalue weighted by molar-refractivity contribution is 0.102. The maximum Gasteiger partial charge on any atom is 0.332 e. The fraction of sp³-hybridized carbons (Fsp3) is 0.167. The van der Waals surface area contributed by atoms with Crippen molar-refractivity contribution in [3.05, 3.63) is 99.2 Å². The van der Waals surface area contributed by atoms with Crippen LogP contribution in [0.1, 0.15) is 15.9 Å². The second-order valence-electron chi connectivity index (χ2n) is 7.47. The van der Waals surface area contributed by atoms with Crippen molar-refractivity contribution in [1.82, 2.24) is 18.7 Å². The molecule has 0 aliphatic heterocycles. The van der Waals surface area contributed by atoms with Gasteiger partial charge in [0.1, 0.15) is 11.4 Å². The minimum absolute atomic E-state index is 0.0521. The largest absolute Gasteiger partial charge is 0.384 e. The lowest BCUT2D eigenvalue weighted by atomic mass is 10.2. The van der Waals surface area contributed by atoms with Crippen LogP contribution in [0.4, 0.5) is 5.82 Å². The molecule has 2 aromatic heterocycles. The molecule has 0 bridgehead atoms. The van der Waals surface area contributed by atoms with Crippen LogP contribution in [0.15, 0.2) is 82.0 Å². The second kappa shape index (κ2) is 9.33. The number of thioether (sulfide) groups is 1. The normalized spacial score (nSPS) is 11.1. The van der Waals surface area contributed by atoms with E-state index in [1.165, 1.54) is 23.4 Å². The lowest BCUT2D eigenvalue weighted by Crippen LogP contribution is -2.43. The first-order chi connectivity index (χ1) is 15.9. The Morgan fingerprint density at radius 1 is 1.09 bits per heavy atom. The van der Waals surface area contributed by atoms with Crippen LogP contribution in [0.2, 0.25) is 0 Å². The van der Waals surface area contributed by atoms with Gasteiger partial charge in [-0.3, -0.25) is 18.7 Å². The predicted octanol–water partition coefficient (Wildman–Crippen LogP) is 2.69. The van der Waals surface area contributed by atoms with Crippen molar-refractivity contribution < 1.29 is 4.79 Å².